The Kier molecular flexibility index (Phi) is 3.36. The highest BCUT2D eigenvalue weighted by Crippen LogP contribution is 2.28. The highest BCUT2D eigenvalue weighted by atomic mass is 16.5. The Morgan fingerprint density at radius 1 is 1.64 bits per heavy atom. The van der Waals surface area contributed by atoms with Crippen molar-refractivity contribution in [2.24, 2.45) is 16.6 Å². The van der Waals surface area contributed by atoms with E-state index in [0.29, 0.717) is 19.0 Å². The Balaban J connectivity index is 1.83. The fraction of sp³-hybridized carbons (Fsp3) is 0.875. The molecule has 0 aromatic carbocycles. The summed E-state index contributed by atoms with van der Waals surface area (Å²) in [4.78, 5) is 4.01. The zero-order chi connectivity index (χ0) is 8.10. The van der Waals surface area contributed by atoms with Crippen LogP contribution in [0.2, 0.25) is 0 Å². The summed E-state index contributed by atoms with van der Waals surface area (Å²) in [5.41, 5.74) is 5.34. The smallest absolute Gasteiger partial charge is 0.0906 e. The number of rotatable bonds is 5. The zero-order valence-corrected chi connectivity index (χ0v) is 7.05. The topological polar surface area (TPSA) is 47.6 Å². The molecule has 1 aliphatic rings. The molecule has 3 heteroatoms. The predicted molar refractivity (Wildman–Crippen MR) is 45.7 cm³/mol. The van der Waals surface area contributed by atoms with Crippen molar-refractivity contribution in [2.75, 3.05) is 19.8 Å². The summed E-state index contributed by atoms with van der Waals surface area (Å²) in [5, 5.41) is 0. The van der Waals surface area contributed by atoms with Gasteiger partial charge in [0.1, 0.15) is 0 Å². The minimum absolute atomic E-state index is 0.639. The second-order valence-electron chi connectivity index (χ2n) is 3.04. The molecule has 1 rings (SSSR count). The van der Waals surface area contributed by atoms with Gasteiger partial charge < -0.3 is 10.5 Å². The first-order valence-electron chi connectivity index (χ1n) is 4.13. The van der Waals surface area contributed by atoms with Crippen molar-refractivity contribution >= 4 is 5.84 Å². The van der Waals surface area contributed by atoms with E-state index in [9.17, 15) is 0 Å². The van der Waals surface area contributed by atoms with Crippen LogP contribution in [0.3, 0.4) is 0 Å². The Labute approximate surface area is 67.6 Å². The van der Waals surface area contributed by atoms with Crippen LogP contribution in [0.5, 0.6) is 0 Å². The summed E-state index contributed by atoms with van der Waals surface area (Å²) in [6, 6.07) is 0. The molecule has 0 spiro atoms. The van der Waals surface area contributed by atoms with E-state index in [0.717, 1.165) is 12.5 Å². The maximum atomic E-state index is 5.35. The molecular formula is C8H16N2O. The van der Waals surface area contributed by atoms with E-state index in [1.165, 1.54) is 12.8 Å². The molecule has 1 fully saturated rings. The monoisotopic (exact) mass is 156 g/mol. The lowest BCUT2D eigenvalue weighted by Crippen LogP contribution is -2.09. The molecule has 1 saturated carbocycles. The van der Waals surface area contributed by atoms with Crippen molar-refractivity contribution in [3.63, 3.8) is 0 Å². The summed E-state index contributed by atoms with van der Waals surface area (Å²) in [6.07, 6.45) is 2.69. The molecule has 1 aliphatic carbocycles. The molecular weight excluding hydrogens is 140 g/mol. The van der Waals surface area contributed by atoms with E-state index < -0.39 is 0 Å². The van der Waals surface area contributed by atoms with Gasteiger partial charge in [-0.3, -0.25) is 4.99 Å². The fourth-order valence-corrected chi connectivity index (χ4v) is 0.821. The SMILES string of the molecule is CC(N)=NCCOCC1CC1. The summed E-state index contributed by atoms with van der Waals surface area (Å²) < 4.78 is 5.35. The largest absolute Gasteiger partial charge is 0.388 e. The van der Waals surface area contributed by atoms with Crippen molar-refractivity contribution in [3.8, 4) is 0 Å². The molecule has 0 unspecified atom stereocenters. The molecule has 64 valence electrons. The third-order valence-electron chi connectivity index (χ3n) is 1.65. The summed E-state index contributed by atoms with van der Waals surface area (Å²) in [6.45, 7) is 4.13. The fourth-order valence-electron chi connectivity index (χ4n) is 0.821. The van der Waals surface area contributed by atoms with Crippen LogP contribution >= 0.6 is 0 Å². The highest BCUT2D eigenvalue weighted by molar-refractivity contribution is 5.77. The average Bonchev–Trinajstić information content (AvgIpc) is 2.70. The second kappa shape index (κ2) is 4.34. The van der Waals surface area contributed by atoms with Crippen LogP contribution in [0.15, 0.2) is 4.99 Å². The van der Waals surface area contributed by atoms with Gasteiger partial charge in [-0.25, -0.2) is 0 Å². The summed E-state index contributed by atoms with van der Waals surface area (Å²) >= 11 is 0. The quantitative estimate of drug-likeness (QED) is 0.363. The lowest BCUT2D eigenvalue weighted by Gasteiger charge is -1.99. The van der Waals surface area contributed by atoms with E-state index in [2.05, 4.69) is 4.99 Å². The lowest BCUT2D eigenvalue weighted by molar-refractivity contribution is 0.132. The first-order chi connectivity index (χ1) is 5.29. The zero-order valence-electron chi connectivity index (χ0n) is 7.05. The van der Waals surface area contributed by atoms with Crippen molar-refractivity contribution < 1.29 is 4.74 Å². The third-order valence-corrected chi connectivity index (χ3v) is 1.65. The van der Waals surface area contributed by atoms with Crippen LogP contribution in [0.4, 0.5) is 0 Å². The first-order valence-corrected chi connectivity index (χ1v) is 4.13. The second-order valence-corrected chi connectivity index (χ2v) is 3.04. The summed E-state index contributed by atoms with van der Waals surface area (Å²) in [5.74, 6) is 1.48. The van der Waals surface area contributed by atoms with Crippen LogP contribution in [0, 0.1) is 5.92 Å². The van der Waals surface area contributed by atoms with Crippen LogP contribution in [-0.4, -0.2) is 25.6 Å². The number of amidine groups is 1. The Hall–Kier alpha value is -0.570. The normalized spacial score (nSPS) is 18.8. The molecule has 0 radical (unpaired) electrons. The number of ether oxygens (including phenoxy) is 1. The van der Waals surface area contributed by atoms with Gasteiger partial charge in [-0.05, 0) is 25.7 Å². The number of aliphatic imine (C=N–C) groups is 1. The van der Waals surface area contributed by atoms with Gasteiger partial charge in [-0.2, -0.15) is 0 Å². The molecule has 0 aromatic rings. The summed E-state index contributed by atoms with van der Waals surface area (Å²) in [7, 11) is 0. The molecule has 2 N–H and O–H groups in total. The lowest BCUT2D eigenvalue weighted by atomic mass is 10.5. The Morgan fingerprint density at radius 2 is 2.36 bits per heavy atom. The third kappa shape index (κ3) is 4.79. The van der Waals surface area contributed by atoms with E-state index in [1.807, 2.05) is 0 Å². The Morgan fingerprint density at radius 3 is 2.91 bits per heavy atom. The van der Waals surface area contributed by atoms with Crippen molar-refractivity contribution in [1.82, 2.24) is 0 Å². The van der Waals surface area contributed by atoms with Crippen molar-refractivity contribution in [1.29, 1.82) is 0 Å². The van der Waals surface area contributed by atoms with Crippen molar-refractivity contribution in [2.45, 2.75) is 19.8 Å². The van der Waals surface area contributed by atoms with Gasteiger partial charge in [0.05, 0.1) is 19.0 Å². The van der Waals surface area contributed by atoms with Crippen LogP contribution in [-0.2, 0) is 4.74 Å². The Bertz CT molecular complexity index is 137. The van der Waals surface area contributed by atoms with Gasteiger partial charge in [0, 0.05) is 6.61 Å². The molecule has 0 heterocycles. The van der Waals surface area contributed by atoms with Gasteiger partial charge in [0.2, 0.25) is 0 Å². The molecule has 3 nitrogen and oxygen atoms in total. The molecule has 0 atom stereocenters. The van der Waals surface area contributed by atoms with Crippen LogP contribution < -0.4 is 5.73 Å². The van der Waals surface area contributed by atoms with Crippen LogP contribution in [0.25, 0.3) is 0 Å². The first kappa shape index (κ1) is 8.53. The van der Waals surface area contributed by atoms with Gasteiger partial charge in [0.15, 0.2) is 0 Å². The molecule has 0 amide bonds. The van der Waals surface area contributed by atoms with Crippen LogP contribution in [0.1, 0.15) is 19.8 Å². The van der Waals surface area contributed by atoms with Crippen molar-refractivity contribution in [3.05, 3.63) is 0 Å². The predicted octanol–water partition coefficient (Wildman–Crippen LogP) is 0.790. The number of nitrogens with zero attached hydrogens (tertiary/aromatic N) is 1. The highest BCUT2D eigenvalue weighted by Gasteiger charge is 2.20. The van der Waals surface area contributed by atoms with E-state index >= 15 is 0 Å². The van der Waals surface area contributed by atoms with Gasteiger partial charge >= 0.3 is 0 Å². The average molecular weight is 156 g/mol. The van der Waals surface area contributed by atoms with Gasteiger partial charge in [0.25, 0.3) is 0 Å². The molecule has 0 aromatic heterocycles. The maximum Gasteiger partial charge on any atom is 0.0906 e. The minimum Gasteiger partial charge on any atom is -0.388 e. The number of nitrogens with two attached hydrogens (primary N) is 1. The molecule has 11 heavy (non-hydrogen) atoms. The van der Waals surface area contributed by atoms with E-state index in [1.54, 1.807) is 6.92 Å². The van der Waals surface area contributed by atoms with Gasteiger partial charge in [-0.15, -0.1) is 0 Å². The van der Waals surface area contributed by atoms with Gasteiger partial charge in [-0.1, -0.05) is 0 Å². The molecule has 0 aliphatic heterocycles. The minimum atomic E-state index is 0.639. The maximum absolute atomic E-state index is 5.35. The number of hydrogen-bond donors (Lipinski definition) is 1. The van der Waals surface area contributed by atoms with E-state index in [4.69, 9.17) is 10.5 Å². The molecule has 0 bridgehead atoms. The number of hydrogen-bond acceptors (Lipinski definition) is 2. The molecule has 0 saturated heterocycles. The van der Waals surface area contributed by atoms with E-state index in [-0.39, 0.29) is 0 Å². The standard InChI is InChI=1S/C8H16N2O/c1-7(9)10-4-5-11-6-8-2-3-8/h8H,2-6H2,1H3,(H2,9,10).